The highest BCUT2D eigenvalue weighted by atomic mass is 16.5. The summed E-state index contributed by atoms with van der Waals surface area (Å²) in [5.41, 5.74) is 4.04. The summed E-state index contributed by atoms with van der Waals surface area (Å²) in [5.74, 6) is 0.418. The molecule has 2 aromatic rings. The second-order valence-corrected chi connectivity index (χ2v) is 10.4. The van der Waals surface area contributed by atoms with E-state index in [1.165, 1.54) is 24.8 Å². The predicted molar refractivity (Wildman–Crippen MR) is 146 cm³/mol. The Bertz CT molecular complexity index is 1010. The van der Waals surface area contributed by atoms with Gasteiger partial charge >= 0.3 is 0 Å². The zero-order chi connectivity index (χ0) is 25.3. The van der Waals surface area contributed by atoms with Gasteiger partial charge in [-0.25, -0.2) is 0 Å². The first kappa shape index (κ1) is 26.2. The maximum absolute atomic E-state index is 13.3. The van der Waals surface area contributed by atoms with E-state index < -0.39 is 0 Å². The number of aryl methyl sites for hydroxylation is 1. The summed E-state index contributed by atoms with van der Waals surface area (Å²) in [4.78, 5) is 28.5. The van der Waals surface area contributed by atoms with Crippen LogP contribution in [0.25, 0.3) is 0 Å². The number of rotatable bonds is 10. The van der Waals surface area contributed by atoms with Gasteiger partial charge < -0.3 is 20.3 Å². The van der Waals surface area contributed by atoms with E-state index in [0.717, 1.165) is 57.5 Å². The molecule has 1 unspecified atom stereocenters. The summed E-state index contributed by atoms with van der Waals surface area (Å²) in [7, 11) is 0. The number of hydrogen-bond donors (Lipinski definition) is 2. The molecule has 2 amide bonds. The lowest BCUT2D eigenvalue weighted by atomic mass is 9.97. The molecule has 1 atom stereocenters. The summed E-state index contributed by atoms with van der Waals surface area (Å²) in [6, 6.07) is 13.5. The smallest absolute Gasteiger partial charge is 0.255 e. The van der Waals surface area contributed by atoms with Crippen LogP contribution in [0.3, 0.4) is 0 Å². The Labute approximate surface area is 215 Å². The third-order valence-electron chi connectivity index (χ3n) is 7.42. The SMILES string of the molecule is CCCCCc1ccc(C(=O)Nc2ccc(N3CCC(C)CC3)c(C(=O)NCC3CCCO3)c2)cc1. The maximum atomic E-state index is 13.3. The van der Waals surface area contributed by atoms with Crippen molar-refractivity contribution in [3.8, 4) is 0 Å². The van der Waals surface area contributed by atoms with Gasteiger partial charge in [-0.2, -0.15) is 0 Å². The molecule has 2 saturated heterocycles. The topological polar surface area (TPSA) is 70.7 Å². The number of hydrogen-bond acceptors (Lipinski definition) is 4. The molecule has 2 N–H and O–H groups in total. The van der Waals surface area contributed by atoms with Gasteiger partial charge in [0.15, 0.2) is 0 Å². The first-order chi connectivity index (χ1) is 17.5. The van der Waals surface area contributed by atoms with Crippen LogP contribution in [0, 0.1) is 5.92 Å². The van der Waals surface area contributed by atoms with E-state index in [9.17, 15) is 9.59 Å². The van der Waals surface area contributed by atoms with Crippen LogP contribution in [0.2, 0.25) is 0 Å². The van der Waals surface area contributed by atoms with Gasteiger partial charge in [0.25, 0.3) is 11.8 Å². The molecule has 0 radical (unpaired) electrons. The highest BCUT2D eigenvalue weighted by Crippen LogP contribution is 2.29. The quantitative estimate of drug-likeness (QED) is 0.411. The fourth-order valence-electron chi connectivity index (χ4n) is 5.03. The summed E-state index contributed by atoms with van der Waals surface area (Å²) in [6.07, 6.45) is 8.96. The van der Waals surface area contributed by atoms with Crippen molar-refractivity contribution in [1.29, 1.82) is 0 Å². The first-order valence-electron chi connectivity index (χ1n) is 13.7. The molecule has 0 spiro atoms. The third kappa shape index (κ3) is 7.10. The zero-order valence-electron chi connectivity index (χ0n) is 21.9. The number of benzene rings is 2. The largest absolute Gasteiger partial charge is 0.376 e. The Morgan fingerprint density at radius 2 is 1.78 bits per heavy atom. The predicted octanol–water partition coefficient (Wildman–Crippen LogP) is 5.82. The van der Waals surface area contributed by atoms with Crippen molar-refractivity contribution >= 4 is 23.2 Å². The molecule has 4 rings (SSSR count). The average molecular weight is 492 g/mol. The Hall–Kier alpha value is -2.86. The van der Waals surface area contributed by atoms with E-state index in [0.29, 0.717) is 29.3 Å². The molecule has 6 heteroatoms. The van der Waals surface area contributed by atoms with Gasteiger partial charge in [-0.3, -0.25) is 9.59 Å². The van der Waals surface area contributed by atoms with Crippen LogP contribution >= 0.6 is 0 Å². The third-order valence-corrected chi connectivity index (χ3v) is 7.42. The average Bonchev–Trinajstić information content (AvgIpc) is 3.42. The van der Waals surface area contributed by atoms with Crippen LogP contribution < -0.4 is 15.5 Å². The van der Waals surface area contributed by atoms with Crippen LogP contribution in [-0.2, 0) is 11.2 Å². The van der Waals surface area contributed by atoms with Crippen LogP contribution in [0.5, 0.6) is 0 Å². The number of carbonyl (C=O) groups is 2. The molecule has 2 heterocycles. The van der Waals surface area contributed by atoms with E-state index in [-0.39, 0.29) is 17.9 Å². The molecule has 0 bridgehead atoms. The van der Waals surface area contributed by atoms with Gasteiger partial charge in [0.05, 0.1) is 11.7 Å². The fraction of sp³-hybridized carbons (Fsp3) is 0.533. The summed E-state index contributed by atoms with van der Waals surface area (Å²) >= 11 is 0. The molecule has 2 aliphatic rings. The number of amides is 2. The van der Waals surface area contributed by atoms with Crippen LogP contribution in [0.15, 0.2) is 42.5 Å². The normalized spacial score (nSPS) is 18.3. The Morgan fingerprint density at radius 3 is 2.47 bits per heavy atom. The molecule has 2 aromatic carbocycles. The standard InChI is InChI=1S/C30H41N3O3/c1-3-4-5-7-23-9-11-24(12-10-23)29(34)32-25-13-14-28(33-17-15-22(2)16-18-33)27(20-25)30(35)31-21-26-8-6-19-36-26/h9-14,20,22,26H,3-8,15-19,21H2,1-2H3,(H,31,35)(H,32,34). The Morgan fingerprint density at radius 1 is 1.00 bits per heavy atom. The molecule has 2 fully saturated rings. The Balaban J connectivity index is 1.47. The molecule has 2 aliphatic heterocycles. The summed E-state index contributed by atoms with van der Waals surface area (Å²) in [6.45, 7) is 7.62. The van der Waals surface area contributed by atoms with E-state index in [1.807, 2.05) is 42.5 Å². The van der Waals surface area contributed by atoms with E-state index in [4.69, 9.17) is 4.74 Å². The van der Waals surface area contributed by atoms with Crippen LogP contribution in [0.1, 0.15) is 85.1 Å². The minimum Gasteiger partial charge on any atom is -0.376 e. The van der Waals surface area contributed by atoms with Crippen molar-refractivity contribution in [3.63, 3.8) is 0 Å². The van der Waals surface area contributed by atoms with Crippen molar-refractivity contribution in [2.75, 3.05) is 36.5 Å². The minimum atomic E-state index is -0.166. The fourth-order valence-corrected chi connectivity index (χ4v) is 5.03. The molecular formula is C30H41N3O3. The number of piperidine rings is 1. The molecule has 36 heavy (non-hydrogen) atoms. The lowest BCUT2D eigenvalue weighted by molar-refractivity contribution is 0.0858. The van der Waals surface area contributed by atoms with Crippen molar-refractivity contribution in [1.82, 2.24) is 5.32 Å². The number of nitrogens with one attached hydrogen (secondary N) is 2. The van der Waals surface area contributed by atoms with Crippen molar-refractivity contribution in [3.05, 3.63) is 59.2 Å². The minimum absolute atomic E-state index is 0.0843. The van der Waals surface area contributed by atoms with E-state index >= 15 is 0 Å². The zero-order valence-corrected chi connectivity index (χ0v) is 21.9. The second-order valence-electron chi connectivity index (χ2n) is 10.4. The number of carbonyl (C=O) groups excluding carboxylic acids is 2. The second kappa shape index (κ2) is 12.9. The lowest BCUT2D eigenvalue weighted by Gasteiger charge is -2.33. The van der Waals surface area contributed by atoms with Gasteiger partial charge in [-0.1, -0.05) is 38.8 Å². The molecule has 6 nitrogen and oxygen atoms in total. The molecule has 194 valence electrons. The lowest BCUT2D eigenvalue weighted by Crippen LogP contribution is -2.36. The highest BCUT2D eigenvalue weighted by Gasteiger charge is 2.23. The van der Waals surface area contributed by atoms with E-state index in [2.05, 4.69) is 29.4 Å². The number of anilines is 2. The molecule has 0 saturated carbocycles. The van der Waals surface area contributed by atoms with E-state index in [1.54, 1.807) is 0 Å². The van der Waals surface area contributed by atoms with Gasteiger partial charge in [0.1, 0.15) is 0 Å². The maximum Gasteiger partial charge on any atom is 0.255 e. The highest BCUT2D eigenvalue weighted by molar-refractivity contribution is 6.06. The van der Waals surface area contributed by atoms with Gasteiger partial charge in [0, 0.05) is 43.2 Å². The van der Waals surface area contributed by atoms with Gasteiger partial charge in [-0.05, 0) is 80.3 Å². The molecule has 0 aromatic heterocycles. The van der Waals surface area contributed by atoms with Crippen LogP contribution in [0.4, 0.5) is 11.4 Å². The number of unbranched alkanes of at least 4 members (excludes halogenated alkanes) is 2. The van der Waals surface area contributed by atoms with Crippen molar-refractivity contribution < 1.29 is 14.3 Å². The van der Waals surface area contributed by atoms with Gasteiger partial charge in [0.2, 0.25) is 0 Å². The summed E-state index contributed by atoms with van der Waals surface area (Å²) in [5, 5.41) is 6.06. The van der Waals surface area contributed by atoms with Gasteiger partial charge in [-0.15, -0.1) is 0 Å². The molecular weight excluding hydrogens is 450 g/mol. The Kier molecular flexibility index (Phi) is 9.40. The molecule has 0 aliphatic carbocycles. The van der Waals surface area contributed by atoms with Crippen LogP contribution in [-0.4, -0.2) is 44.2 Å². The van der Waals surface area contributed by atoms with Crippen molar-refractivity contribution in [2.24, 2.45) is 5.92 Å². The number of nitrogens with zero attached hydrogens (tertiary/aromatic N) is 1. The summed E-state index contributed by atoms with van der Waals surface area (Å²) < 4.78 is 5.68. The van der Waals surface area contributed by atoms with Crippen molar-refractivity contribution in [2.45, 2.75) is 71.3 Å². The number of ether oxygens (including phenoxy) is 1. The monoisotopic (exact) mass is 491 g/mol. The first-order valence-corrected chi connectivity index (χ1v) is 13.7.